The largest absolute Gasteiger partial charge is 0.346 e. The van der Waals surface area contributed by atoms with E-state index in [0.717, 1.165) is 11.3 Å². The van der Waals surface area contributed by atoms with Crippen LogP contribution >= 0.6 is 22.9 Å². The molecule has 0 radical (unpaired) electrons. The SMILES string of the molecule is O=C(NC1CCS(=O)(=O)C1)c1nnc(Cl)s1. The van der Waals surface area contributed by atoms with E-state index in [2.05, 4.69) is 15.5 Å². The van der Waals surface area contributed by atoms with Gasteiger partial charge in [0.2, 0.25) is 9.47 Å². The molecule has 0 aromatic carbocycles. The Hall–Kier alpha value is -0.730. The molecular formula is C7H8ClN3O3S2. The standard InChI is InChI=1S/C7H8ClN3O3S2/c8-7-11-10-6(15-7)5(12)9-4-1-2-16(13,14)3-4/h4H,1-3H2,(H,9,12). The Labute approximate surface area is 101 Å². The molecule has 1 saturated heterocycles. The quantitative estimate of drug-likeness (QED) is 0.831. The summed E-state index contributed by atoms with van der Waals surface area (Å²) < 4.78 is 22.5. The Bertz CT molecular complexity index is 513. The Kier molecular flexibility index (Phi) is 3.13. The van der Waals surface area contributed by atoms with Crippen molar-refractivity contribution in [3.05, 3.63) is 9.47 Å². The number of nitrogens with one attached hydrogen (secondary N) is 1. The summed E-state index contributed by atoms with van der Waals surface area (Å²) in [6.45, 7) is 0. The second-order valence-corrected chi connectivity index (χ2v) is 7.22. The van der Waals surface area contributed by atoms with Crippen LogP contribution in [-0.4, -0.2) is 42.1 Å². The molecule has 1 N–H and O–H groups in total. The highest BCUT2D eigenvalue weighted by molar-refractivity contribution is 7.91. The average Bonchev–Trinajstić information content (AvgIpc) is 2.73. The minimum atomic E-state index is -2.99. The molecule has 0 spiro atoms. The number of hydrogen-bond acceptors (Lipinski definition) is 6. The molecule has 1 aromatic rings. The lowest BCUT2D eigenvalue weighted by atomic mass is 10.2. The third kappa shape index (κ3) is 2.69. The van der Waals surface area contributed by atoms with E-state index in [0.29, 0.717) is 6.42 Å². The first kappa shape index (κ1) is 11.7. The summed E-state index contributed by atoms with van der Waals surface area (Å²) >= 11 is 6.50. The van der Waals surface area contributed by atoms with E-state index in [1.54, 1.807) is 0 Å². The fourth-order valence-electron chi connectivity index (χ4n) is 1.45. The number of carbonyl (C=O) groups is 1. The molecular weight excluding hydrogens is 274 g/mol. The molecule has 16 heavy (non-hydrogen) atoms. The summed E-state index contributed by atoms with van der Waals surface area (Å²) in [5.41, 5.74) is 0. The van der Waals surface area contributed by atoms with Crippen LogP contribution < -0.4 is 5.32 Å². The molecule has 0 bridgehead atoms. The van der Waals surface area contributed by atoms with Crippen LogP contribution in [0.4, 0.5) is 0 Å². The van der Waals surface area contributed by atoms with Crippen LogP contribution in [0.25, 0.3) is 0 Å². The van der Waals surface area contributed by atoms with Gasteiger partial charge in [0.1, 0.15) is 0 Å². The normalized spacial score (nSPS) is 23.2. The molecule has 6 nitrogen and oxygen atoms in total. The smallest absolute Gasteiger partial charge is 0.282 e. The molecule has 0 saturated carbocycles. The van der Waals surface area contributed by atoms with Gasteiger partial charge in [-0.3, -0.25) is 4.79 Å². The number of halogens is 1. The predicted octanol–water partition coefficient (Wildman–Crippen LogP) is 0.108. The first-order chi connectivity index (χ1) is 7.46. The fraction of sp³-hybridized carbons (Fsp3) is 0.571. The van der Waals surface area contributed by atoms with Crippen molar-refractivity contribution in [2.24, 2.45) is 0 Å². The molecule has 88 valence electrons. The van der Waals surface area contributed by atoms with Crippen LogP contribution in [0.2, 0.25) is 4.47 Å². The fourth-order valence-corrected chi connectivity index (χ4v) is 3.86. The molecule has 2 rings (SSSR count). The molecule has 9 heteroatoms. The lowest BCUT2D eigenvalue weighted by molar-refractivity contribution is 0.0940. The maximum atomic E-state index is 11.6. The molecule has 2 heterocycles. The van der Waals surface area contributed by atoms with Gasteiger partial charge in [-0.05, 0) is 18.0 Å². The van der Waals surface area contributed by atoms with E-state index in [4.69, 9.17) is 11.6 Å². The van der Waals surface area contributed by atoms with E-state index in [-0.39, 0.29) is 27.0 Å². The highest BCUT2D eigenvalue weighted by atomic mass is 35.5. The van der Waals surface area contributed by atoms with Gasteiger partial charge in [0.15, 0.2) is 9.84 Å². The van der Waals surface area contributed by atoms with Crippen molar-refractivity contribution in [2.45, 2.75) is 12.5 Å². The third-order valence-corrected chi connectivity index (χ3v) is 4.95. The molecule has 0 aliphatic carbocycles. The Morgan fingerprint density at radius 1 is 1.50 bits per heavy atom. The van der Waals surface area contributed by atoms with Gasteiger partial charge in [0, 0.05) is 6.04 Å². The third-order valence-electron chi connectivity index (χ3n) is 2.16. The first-order valence-corrected chi connectivity index (χ1v) is 7.48. The molecule has 1 aliphatic rings. The van der Waals surface area contributed by atoms with Crippen molar-refractivity contribution in [3.8, 4) is 0 Å². The molecule has 1 fully saturated rings. The van der Waals surface area contributed by atoms with Crippen LogP contribution in [0, 0.1) is 0 Å². The number of carbonyl (C=O) groups excluding carboxylic acids is 1. The lowest BCUT2D eigenvalue weighted by Gasteiger charge is -2.07. The van der Waals surface area contributed by atoms with Gasteiger partial charge in [-0.1, -0.05) is 11.3 Å². The van der Waals surface area contributed by atoms with E-state index in [9.17, 15) is 13.2 Å². The monoisotopic (exact) mass is 281 g/mol. The van der Waals surface area contributed by atoms with Gasteiger partial charge >= 0.3 is 0 Å². The van der Waals surface area contributed by atoms with Crippen molar-refractivity contribution >= 4 is 38.7 Å². The zero-order valence-corrected chi connectivity index (χ0v) is 10.4. The average molecular weight is 282 g/mol. The Balaban J connectivity index is 1.99. The number of rotatable bonds is 2. The summed E-state index contributed by atoms with van der Waals surface area (Å²) in [6, 6.07) is -0.333. The minimum absolute atomic E-state index is 0.00865. The maximum absolute atomic E-state index is 11.6. The van der Waals surface area contributed by atoms with Crippen molar-refractivity contribution < 1.29 is 13.2 Å². The molecule has 1 aromatic heterocycles. The zero-order chi connectivity index (χ0) is 11.8. The Morgan fingerprint density at radius 2 is 2.25 bits per heavy atom. The summed E-state index contributed by atoms with van der Waals surface area (Å²) in [6.07, 6.45) is 0.445. The van der Waals surface area contributed by atoms with E-state index in [1.807, 2.05) is 0 Å². The van der Waals surface area contributed by atoms with E-state index in [1.165, 1.54) is 0 Å². The summed E-state index contributed by atoms with van der Waals surface area (Å²) in [7, 11) is -2.99. The number of nitrogens with zero attached hydrogens (tertiary/aromatic N) is 2. The number of aromatic nitrogens is 2. The second-order valence-electron chi connectivity index (χ2n) is 3.43. The summed E-state index contributed by atoms with van der Waals surface area (Å²) in [4.78, 5) is 11.6. The van der Waals surface area contributed by atoms with Crippen LogP contribution in [0.3, 0.4) is 0 Å². The summed E-state index contributed by atoms with van der Waals surface area (Å²) in [5, 5.41) is 9.81. The van der Waals surface area contributed by atoms with Gasteiger partial charge in [0.25, 0.3) is 5.91 Å². The number of amides is 1. The second kappa shape index (κ2) is 4.27. The van der Waals surface area contributed by atoms with Crippen molar-refractivity contribution in [2.75, 3.05) is 11.5 Å². The highest BCUT2D eigenvalue weighted by Crippen LogP contribution is 2.16. The highest BCUT2D eigenvalue weighted by Gasteiger charge is 2.29. The van der Waals surface area contributed by atoms with Crippen molar-refractivity contribution in [1.29, 1.82) is 0 Å². The number of sulfone groups is 1. The summed E-state index contributed by atoms with van der Waals surface area (Å²) in [5.74, 6) is -0.313. The molecule has 1 unspecified atom stereocenters. The van der Waals surface area contributed by atoms with Crippen LogP contribution in [0.15, 0.2) is 0 Å². The maximum Gasteiger partial charge on any atom is 0.282 e. The van der Waals surface area contributed by atoms with Crippen LogP contribution in [0.1, 0.15) is 16.2 Å². The number of hydrogen-bond donors (Lipinski definition) is 1. The minimum Gasteiger partial charge on any atom is -0.346 e. The van der Waals surface area contributed by atoms with Gasteiger partial charge in [-0.15, -0.1) is 10.2 Å². The van der Waals surface area contributed by atoms with Crippen molar-refractivity contribution in [3.63, 3.8) is 0 Å². The van der Waals surface area contributed by atoms with E-state index < -0.39 is 15.7 Å². The predicted molar refractivity (Wildman–Crippen MR) is 59.4 cm³/mol. The van der Waals surface area contributed by atoms with E-state index >= 15 is 0 Å². The van der Waals surface area contributed by atoms with Gasteiger partial charge in [-0.25, -0.2) is 8.42 Å². The molecule has 1 aliphatic heterocycles. The Morgan fingerprint density at radius 3 is 2.75 bits per heavy atom. The lowest BCUT2D eigenvalue weighted by Crippen LogP contribution is -2.35. The molecule has 1 atom stereocenters. The van der Waals surface area contributed by atoms with Gasteiger partial charge < -0.3 is 5.32 Å². The topological polar surface area (TPSA) is 89.0 Å². The van der Waals surface area contributed by atoms with Gasteiger partial charge in [0.05, 0.1) is 11.5 Å². The van der Waals surface area contributed by atoms with Gasteiger partial charge in [-0.2, -0.15) is 0 Å². The zero-order valence-electron chi connectivity index (χ0n) is 8.01. The van der Waals surface area contributed by atoms with Crippen LogP contribution in [0.5, 0.6) is 0 Å². The molecule has 1 amide bonds. The first-order valence-electron chi connectivity index (χ1n) is 4.46. The van der Waals surface area contributed by atoms with Crippen LogP contribution in [-0.2, 0) is 9.84 Å². The van der Waals surface area contributed by atoms with Crippen molar-refractivity contribution in [1.82, 2.24) is 15.5 Å².